The van der Waals surface area contributed by atoms with Crippen LogP contribution in [-0.2, 0) is 0 Å². The maximum Gasteiger partial charge on any atom is 0.0219 e. The van der Waals surface area contributed by atoms with Gasteiger partial charge in [0.25, 0.3) is 0 Å². The molecule has 1 heteroatoms. The molecule has 0 aromatic heterocycles. The molecule has 0 aromatic rings. The molecule has 49 valence electrons. The fraction of sp³-hybridized carbons (Fsp3) is 0.857. The fourth-order valence-electron chi connectivity index (χ4n) is 0.333. The molecule has 0 aliphatic heterocycles. The molecular weight excluding hydrogens is 116 g/mol. The summed E-state index contributed by atoms with van der Waals surface area (Å²) in [6.07, 6.45) is 0. The molecule has 0 unspecified atom stereocenters. The summed E-state index contributed by atoms with van der Waals surface area (Å²) in [5.41, 5.74) is 0.390. The lowest BCUT2D eigenvalue weighted by Gasteiger charge is -2.15. The van der Waals surface area contributed by atoms with E-state index in [0.717, 1.165) is 0 Å². The smallest absolute Gasteiger partial charge is 0.0219 e. The van der Waals surface area contributed by atoms with Crippen LogP contribution in [-0.4, -0.2) is 5.75 Å². The van der Waals surface area contributed by atoms with Crippen molar-refractivity contribution in [3.63, 3.8) is 0 Å². The third-order valence-electron chi connectivity index (χ3n) is 0.604. The molecule has 0 saturated heterocycles. The Hall–Kier alpha value is 0.350. The largest absolute Gasteiger partial charge is 0.157 e. The van der Waals surface area contributed by atoms with Crippen molar-refractivity contribution < 1.29 is 0 Å². The molecule has 0 aromatic carbocycles. The molecule has 0 fully saturated rings. The van der Waals surface area contributed by atoms with Crippen LogP contribution in [0.2, 0.25) is 0 Å². The Labute approximate surface area is 57.1 Å². The van der Waals surface area contributed by atoms with E-state index < -0.39 is 0 Å². The Balaban J connectivity index is 3.11. The maximum atomic E-state index is 2.28. The molecule has 0 atom stereocenters. The molecular formula is C7H15S. The maximum absolute atomic E-state index is 2.28. The van der Waals surface area contributed by atoms with Crippen molar-refractivity contribution in [2.45, 2.75) is 27.7 Å². The van der Waals surface area contributed by atoms with E-state index in [9.17, 15) is 0 Å². The summed E-state index contributed by atoms with van der Waals surface area (Å²) in [7, 11) is 0. The molecule has 0 nitrogen and oxygen atoms in total. The zero-order valence-corrected chi connectivity index (χ0v) is 7.01. The molecule has 0 N–H and O–H groups in total. The van der Waals surface area contributed by atoms with Gasteiger partial charge in [0, 0.05) is 5.75 Å². The van der Waals surface area contributed by atoms with Crippen molar-refractivity contribution in [2.75, 3.05) is 5.75 Å². The minimum atomic E-state index is 0.390. The second kappa shape index (κ2) is 3.39. The second-order valence-electron chi connectivity index (χ2n) is 2.94. The van der Waals surface area contributed by atoms with Crippen LogP contribution in [0, 0.1) is 11.2 Å². The van der Waals surface area contributed by atoms with Gasteiger partial charge < -0.3 is 0 Å². The molecule has 0 aliphatic carbocycles. The van der Waals surface area contributed by atoms with E-state index in [4.69, 9.17) is 0 Å². The van der Waals surface area contributed by atoms with Gasteiger partial charge in [0.05, 0.1) is 0 Å². The Bertz CT molecular complexity index is 51.9. The molecule has 0 spiro atoms. The molecule has 0 amide bonds. The van der Waals surface area contributed by atoms with Crippen LogP contribution in [0.15, 0.2) is 0 Å². The van der Waals surface area contributed by atoms with Crippen molar-refractivity contribution in [2.24, 2.45) is 5.41 Å². The highest BCUT2D eigenvalue weighted by Gasteiger charge is 2.08. The van der Waals surface area contributed by atoms with E-state index in [1.807, 2.05) is 11.8 Å². The molecule has 0 bridgehead atoms. The number of hydrogen-bond acceptors (Lipinski definition) is 1. The highest BCUT2D eigenvalue weighted by atomic mass is 32.2. The van der Waals surface area contributed by atoms with Gasteiger partial charge in [-0.3, -0.25) is 0 Å². The van der Waals surface area contributed by atoms with Crippen molar-refractivity contribution in [3.05, 3.63) is 5.75 Å². The Morgan fingerprint density at radius 2 is 1.88 bits per heavy atom. The lowest BCUT2D eigenvalue weighted by Crippen LogP contribution is -2.02. The van der Waals surface area contributed by atoms with Crippen LogP contribution in [0.25, 0.3) is 0 Å². The summed E-state index contributed by atoms with van der Waals surface area (Å²) < 4.78 is 0. The molecule has 0 aliphatic rings. The van der Waals surface area contributed by atoms with Gasteiger partial charge in [-0.25, -0.2) is 0 Å². The second-order valence-corrected chi connectivity index (χ2v) is 4.09. The first-order valence-electron chi connectivity index (χ1n) is 3.02. The van der Waals surface area contributed by atoms with Crippen LogP contribution in [0.3, 0.4) is 0 Å². The van der Waals surface area contributed by atoms with Crippen LogP contribution >= 0.6 is 11.8 Å². The summed E-state index contributed by atoms with van der Waals surface area (Å²) in [5.74, 6) is 3.48. The number of rotatable bonds is 2. The summed E-state index contributed by atoms with van der Waals surface area (Å²) in [6.45, 7) is 8.83. The summed E-state index contributed by atoms with van der Waals surface area (Å²) >= 11 is 1.89. The van der Waals surface area contributed by atoms with E-state index >= 15 is 0 Å². The van der Waals surface area contributed by atoms with Gasteiger partial charge in [-0.1, -0.05) is 27.7 Å². The summed E-state index contributed by atoms with van der Waals surface area (Å²) in [5, 5.41) is 0. The van der Waals surface area contributed by atoms with Crippen LogP contribution < -0.4 is 0 Å². The van der Waals surface area contributed by atoms with Crippen LogP contribution in [0.5, 0.6) is 0 Å². The standard InChI is InChI=1S/C7H15S/c1-5-8-6-7(2,3)4/h6H,5H2,1-4H3. The lowest BCUT2D eigenvalue weighted by molar-refractivity contribution is 0.527. The Kier molecular flexibility index (Phi) is 3.54. The van der Waals surface area contributed by atoms with E-state index in [-0.39, 0.29) is 0 Å². The minimum absolute atomic E-state index is 0.390. The third-order valence-corrected chi connectivity index (χ3v) is 1.81. The highest BCUT2D eigenvalue weighted by Crippen LogP contribution is 2.24. The van der Waals surface area contributed by atoms with E-state index in [1.54, 1.807) is 0 Å². The highest BCUT2D eigenvalue weighted by molar-refractivity contribution is 8.01. The first-order chi connectivity index (χ1) is 3.56. The molecule has 8 heavy (non-hydrogen) atoms. The predicted octanol–water partition coefficient (Wildman–Crippen LogP) is 2.95. The SMILES string of the molecule is CCS[CH]C(C)(C)C. The quantitative estimate of drug-likeness (QED) is 0.555. The predicted molar refractivity (Wildman–Crippen MR) is 41.9 cm³/mol. The van der Waals surface area contributed by atoms with Gasteiger partial charge >= 0.3 is 0 Å². The minimum Gasteiger partial charge on any atom is -0.157 e. The van der Waals surface area contributed by atoms with Gasteiger partial charge in [-0.15, -0.1) is 0 Å². The van der Waals surface area contributed by atoms with E-state index in [0.29, 0.717) is 5.41 Å². The van der Waals surface area contributed by atoms with Gasteiger partial charge in [-0.2, -0.15) is 11.8 Å². The number of hydrogen-bond donors (Lipinski definition) is 0. The average molecular weight is 131 g/mol. The van der Waals surface area contributed by atoms with Crippen molar-refractivity contribution in [3.8, 4) is 0 Å². The lowest BCUT2D eigenvalue weighted by atomic mass is 10.0. The van der Waals surface area contributed by atoms with Gasteiger partial charge in [-0.05, 0) is 11.2 Å². The topological polar surface area (TPSA) is 0 Å². The average Bonchev–Trinajstić information content (AvgIpc) is 1.59. The van der Waals surface area contributed by atoms with Crippen molar-refractivity contribution >= 4 is 11.8 Å². The fourth-order valence-corrected chi connectivity index (χ4v) is 1.00. The van der Waals surface area contributed by atoms with E-state index in [1.165, 1.54) is 5.75 Å². The monoisotopic (exact) mass is 131 g/mol. The van der Waals surface area contributed by atoms with E-state index in [2.05, 4.69) is 33.4 Å². The molecule has 0 saturated carbocycles. The normalized spacial score (nSPS) is 12.0. The zero-order valence-electron chi connectivity index (χ0n) is 6.19. The van der Waals surface area contributed by atoms with Crippen molar-refractivity contribution in [1.29, 1.82) is 0 Å². The van der Waals surface area contributed by atoms with Gasteiger partial charge in [0.1, 0.15) is 0 Å². The van der Waals surface area contributed by atoms with Crippen LogP contribution in [0.4, 0.5) is 0 Å². The first-order valence-corrected chi connectivity index (χ1v) is 4.07. The van der Waals surface area contributed by atoms with Crippen molar-refractivity contribution in [1.82, 2.24) is 0 Å². The molecule has 0 heterocycles. The molecule has 1 radical (unpaired) electrons. The first kappa shape index (κ1) is 8.35. The van der Waals surface area contributed by atoms with Crippen LogP contribution in [0.1, 0.15) is 27.7 Å². The Morgan fingerprint density at radius 1 is 1.38 bits per heavy atom. The summed E-state index contributed by atoms with van der Waals surface area (Å²) in [6, 6.07) is 0. The van der Waals surface area contributed by atoms with Gasteiger partial charge in [0.15, 0.2) is 0 Å². The Morgan fingerprint density at radius 3 is 2.00 bits per heavy atom. The molecule has 0 rings (SSSR count). The summed E-state index contributed by atoms with van der Waals surface area (Å²) in [4.78, 5) is 0. The van der Waals surface area contributed by atoms with Gasteiger partial charge in [0.2, 0.25) is 0 Å². The third kappa shape index (κ3) is 6.35. The number of thioether (sulfide) groups is 1. The zero-order chi connectivity index (χ0) is 6.62.